The zero-order valence-electron chi connectivity index (χ0n) is 9.39. The smallest absolute Gasteiger partial charge is 0.0102 e. The lowest BCUT2D eigenvalue weighted by molar-refractivity contribution is 0.161. The highest BCUT2D eigenvalue weighted by atomic mass is 15.2. The van der Waals surface area contributed by atoms with Crippen molar-refractivity contribution in [3.63, 3.8) is 0 Å². The Bertz CT molecular complexity index is 318. The second-order valence-electron chi connectivity index (χ2n) is 5.13. The van der Waals surface area contributed by atoms with Crippen LogP contribution in [0.25, 0.3) is 0 Å². The molecule has 2 heterocycles. The lowest BCUT2D eigenvalue weighted by Gasteiger charge is -2.36. The van der Waals surface area contributed by atoms with Gasteiger partial charge in [-0.1, -0.05) is 30.3 Å². The molecular weight excluding hydrogens is 182 g/mol. The number of nitrogens with zero attached hydrogens (tertiary/aromatic N) is 1. The predicted octanol–water partition coefficient (Wildman–Crippen LogP) is 3.03. The summed E-state index contributed by atoms with van der Waals surface area (Å²) < 4.78 is 0. The molecule has 2 aliphatic rings. The van der Waals surface area contributed by atoms with Gasteiger partial charge in [0.25, 0.3) is 0 Å². The van der Waals surface area contributed by atoms with Crippen LogP contribution in [-0.2, 0) is 0 Å². The third-order valence-corrected chi connectivity index (χ3v) is 4.37. The summed E-state index contributed by atoms with van der Waals surface area (Å²) in [5.74, 6) is 0.819. The summed E-state index contributed by atoms with van der Waals surface area (Å²) >= 11 is 0. The minimum absolute atomic E-state index is 0.819. The second kappa shape index (κ2) is 3.64. The van der Waals surface area contributed by atoms with E-state index in [0.717, 1.165) is 18.0 Å². The summed E-state index contributed by atoms with van der Waals surface area (Å²) in [6, 6.07) is 12.8. The fourth-order valence-corrected chi connectivity index (χ4v) is 3.41. The molecule has 15 heavy (non-hydrogen) atoms. The second-order valence-corrected chi connectivity index (χ2v) is 5.13. The molecule has 0 aromatic heterocycles. The van der Waals surface area contributed by atoms with E-state index in [1.807, 2.05) is 0 Å². The van der Waals surface area contributed by atoms with Gasteiger partial charge in [0, 0.05) is 12.1 Å². The van der Waals surface area contributed by atoms with Gasteiger partial charge < -0.3 is 4.90 Å². The van der Waals surface area contributed by atoms with E-state index in [9.17, 15) is 0 Å². The number of hydrogen-bond acceptors (Lipinski definition) is 1. The molecule has 2 aliphatic heterocycles. The van der Waals surface area contributed by atoms with E-state index in [1.54, 1.807) is 5.56 Å². The first-order valence-corrected chi connectivity index (χ1v) is 6.11. The van der Waals surface area contributed by atoms with E-state index in [0.29, 0.717) is 0 Å². The monoisotopic (exact) mass is 201 g/mol. The van der Waals surface area contributed by atoms with Crippen molar-refractivity contribution in [2.24, 2.45) is 0 Å². The van der Waals surface area contributed by atoms with Crippen LogP contribution in [0.5, 0.6) is 0 Å². The third-order valence-electron chi connectivity index (χ3n) is 4.37. The van der Waals surface area contributed by atoms with Gasteiger partial charge in [0.15, 0.2) is 0 Å². The highest BCUT2D eigenvalue weighted by molar-refractivity contribution is 5.21. The van der Waals surface area contributed by atoms with Gasteiger partial charge >= 0.3 is 0 Å². The molecule has 0 spiro atoms. The minimum Gasteiger partial charge on any atom is -0.300 e. The summed E-state index contributed by atoms with van der Waals surface area (Å²) in [5.41, 5.74) is 1.56. The summed E-state index contributed by atoms with van der Waals surface area (Å²) in [4.78, 5) is 2.61. The highest BCUT2D eigenvalue weighted by Gasteiger charge is 2.38. The molecule has 1 nitrogen and oxygen atoms in total. The number of fused-ring (bicyclic) bond motifs is 2. The van der Waals surface area contributed by atoms with Crippen LogP contribution in [0, 0.1) is 0 Å². The molecule has 2 saturated heterocycles. The Morgan fingerprint density at radius 1 is 1.00 bits per heavy atom. The molecule has 1 unspecified atom stereocenters. The van der Waals surface area contributed by atoms with Gasteiger partial charge in [0.2, 0.25) is 0 Å². The van der Waals surface area contributed by atoms with Crippen LogP contribution < -0.4 is 0 Å². The molecule has 2 bridgehead atoms. The molecule has 1 aromatic rings. The molecule has 3 rings (SSSR count). The molecule has 0 radical (unpaired) electrons. The number of benzene rings is 1. The quantitative estimate of drug-likeness (QED) is 0.675. The lowest BCUT2D eigenvalue weighted by atomic mass is 9.85. The van der Waals surface area contributed by atoms with E-state index in [-0.39, 0.29) is 0 Å². The Morgan fingerprint density at radius 3 is 2.20 bits per heavy atom. The van der Waals surface area contributed by atoms with E-state index in [1.165, 1.54) is 25.7 Å². The average molecular weight is 201 g/mol. The van der Waals surface area contributed by atoms with Gasteiger partial charge in [-0.25, -0.2) is 0 Å². The third kappa shape index (κ3) is 1.59. The van der Waals surface area contributed by atoms with Crippen molar-refractivity contribution in [1.82, 2.24) is 4.90 Å². The maximum absolute atomic E-state index is 2.61. The Labute approximate surface area is 92.1 Å². The van der Waals surface area contributed by atoms with Gasteiger partial charge in [0.1, 0.15) is 0 Å². The van der Waals surface area contributed by atoms with E-state index in [2.05, 4.69) is 42.3 Å². The van der Waals surface area contributed by atoms with Crippen LogP contribution in [0.2, 0.25) is 0 Å². The predicted molar refractivity (Wildman–Crippen MR) is 63.0 cm³/mol. The molecule has 0 saturated carbocycles. The largest absolute Gasteiger partial charge is 0.300 e. The Morgan fingerprint density at radius 2 is 1.60 bits per heavy atom. The minimum atomic E-state index is 0.819. The molecule has 3 atom stereocenters. The standard InChI is InChI=1S/C14H19N/c1-15-13-7-8-14(15)10-12(9-13)11-5-3-2-4-6-11/h2-6,12-14H,7-10H2,1H3/t12?,13-,14+. The Kier molecular flexibility index (Phi) is 2.28. The van der Waals surface area contributed by atoms with Gasteiger partial charge in [-0.3, -0.25) is 0 Å². The summed E-state index contributed by atoms with van der Waals surface area (Å²) in [5, 5.41) is 0. The summed E-state index contributed by atoms with van der Waals surface area (Å²) in [6.07, 6.45) is 5.59. The van der Waals surface area contributed by atoms with Crippen LogP contribution in [0.15, 0.2) is 30.3 Å². The SMILES string of the molecule is CN1[C@@H]2CC[C@H]1CC(c1ccccc1)C2. The maximum Gasteiger partial charge on any atom is 0.0102 e. The molecule has 2 fully saturated rings. The van der Waals surface area contributed by atoms with Crippen LogP contribution in [0.3, 0.4) is 0 Å². The fraction of sp³-hybridized carbons (Fsp3) is 0.571. The Hall–Kier alpha value is -0.820. The first-order valence-electron chi connectivity index (χ1n) is 6.11. The van der Waals surface area contributed by atoms with E-state index in [4.69, 9.17) is 0 Å². The molecule has 1 aromatic carbocycles. The molecule has 0 aliphatic carbocycles. The molecule has 80 valence electrons. The van der Waals surface area contributed by atoms with Crippen molar-refractivity contribution < 1.29 is 0 Å². The average Bonchev–Trinajstić information content (AvgIpc) is 2.54. The van der Waals surface area contributed by atoms with Gasteiger partial charge in [-0.05, 0) is 44.2 Å². The van der Waals surface area contributed by atoms with Crippen LogP contribution in [0.4, 0.5) is 0 Å². The van der Waals surface area contributed by atoms with E-state index >= 15 is 0 Å². The van der Waals surface area contributed by atoms with Crippen molar-refractivity contribution in [2.45, 2.75) is 43.7 Å². The lowest BCUT2D eigenvalue weighted by Crippen LogP contribution is -2.39. The van der Waals surface area contributed by atoms with Gasteiger partial charge in [0.05, 0.1) is 0 Å². The van der Waals surface area contributed by atoms with E-state index < -0.39 is 0 Å². The number of piperidine rings is 1. The van der Waals surface area contributed by atoms with Crippen molar-refractivity contribution >= 4 is 0 Å². The zero-order valence-corrected chi connectivity index (χ0v) is 9.39. The summed E-state index contributed by atoms with van der Waals surface area (Å²) in [6.45, 7) is 0. The zero-order chi connectivity index (χ0) is 10.3. The first kappa shape index (κ1) is 9.41. The summed E-state index contributed by atoms with van der Waals surface area (Å²) in [7, 11) is 2.31. The molecule has 0 amide bonds. The van der Waals surface area contributed by atoms with Gasteiger partial charge in [-0.2, -0.15) is 0 Å². The van der Waals surface area contributed by atoms with Crippen molar-refractivity contribution in [3.05, 3.63) is 35.9 Å². The van der Waals surface area contributed by atoms with Crippen molar-refractivity contribution in [1.29, 1.82) is 0 Å². The van der Waals surface area contributed by atoms with Gasteiger partial charge in [-0.15, -0.1) is 0 Å². The topological polar surface area (TPSA) is 3.24 Å². The van der Waals surface area contributed by atoms with Crippen molar-refractivity contribution in [2.75, 3.05) is 7.05 Å². The fourth-order valence-electron chi connectivity index (χ4n) is 3.41. The van der Waals surface area contributed by atoms with Crippen LogP contribution in [-0.4, -0.2) is 24.0 Å². The molecule has 0 N–H and O–H groups in total. The van der Waals surface area contributed by atoms with Crippen molar-refractivity contribution in [3.8, 4) is 0 Å². The number of rotatable bonds is 1. The number of hydrogen-bond donors (Lipinski definition) is 0. The molecule has 1 heteroatoms. The maximum atomic E-state index is 2.61. The molecular formula is C14H19N. The normalized spacial score (nSPS) is 35.7. The van der Waals surface area contributed by atoms with Crippen LogP contribution in [0.1, 0.15) is 37.2 Å². The van der Waals surface area contributed by atoms with Crippen LogP contribution >= 0.6 is 0 Å². The highest BCUT2D eigenvalue weighted by Crippen LogP contribution is 2.41. The Balaban J connectivity index is 1.81. The first-order chi connectivity index (χ1) is 7.34.